The Morgan fingerprint density at radius 2 is 2.16 bits per heavy atom. The Bertz CT molecular complexity index is 741. The molecular formula is C20H25N3O2. The molecule has 25 heavy (non-hydrogen) atoms. The van der Waals surface area contributed by atoms with Crippen LogP contribution in [0.2, 0.25) is 0 Å². The molecule has 1 aromatic heterocycles. The van der Waals surface area contributed by atoms with Crippen molar-refractivity contribution < 1.29 is 9.53 Å². The first-order chi connectivity index (χ1) is 12.0. The molecule has 1 fully saturated rings. The summed E-state index contributed by atoms with van der Waals surface area (Å²) in [6.07, 6.45) is 3.97. The Labute approximate surface area is 148 Å². The van der Waals surface area contributed by atoms with E-state index in [0.717, 1.165) is 24.1 Å². The molecule has 0 spiro atoms. The van der Waals surface area contributed by atoms with Crippen LogP contribution in [0.1, 0.15) is 41.4 Å². The summed E-state index contributed by atoms with van der Waals surface area (Å²) < 4.78 is 5.74. The first-order valence-electron chi connectivity index (χ1n) is 8.67. The fourth-order valence-corrected chi connectivity index (χ4v) is 2.88. The number of ether oxygens (including phenoxy) is 1. The van der Waals surface area contributed by atoms with Gasteiger partial charge >= 0.3 is 0 Å². The molecule has 0 radical (unpaired) electrons. The van der Waals surface area contributed by atoms with Crippen LogP contribution < -0.4 is 15.8 Å². The quantitative estimate of drug-likeness (QED) is 0.813. The van der Waals surface area contributed by atoms with E-state index in [0.29, 0.717) is 30.4 Å². The van der Waals surface area contributed by atoms with E-state index in [1.165, 1.54) is 0 Å². The molecule has 0 bridgehead atoms. The minimum atomic E-state index is -0.322. The predicted molar refractivity (Wildman–Crippen MR) is 97.4 cm³/mol. The van der Waals surface area contributed by atoms with Gasteiger partial charge in [0.25, 0.3) is 5.91 Å². The van der Waals surface area contributed by atoms with E-state index in [1.807, 2.05) is 50.2 Å². The van der Waals surface area contributed by atoms with E-state index < -0.39 is 0 Å². The number of nitrogens with two attached hydrogens (primary N) is 1. The highest BCUT2D eigenvalue weighted by atomic mass is 16.5. The van der Waals surface area contributed by atoms with Crippen LogP contribution in [-0.2, 0) is 6.61 Å². The van der Waals surface area contributed by atoms with Gasteiger partial charge in [-0.3, -0.25) is 9.78 Å². The van der Waals surface area contributed by atoms with Crippen LogP contribution in [0.5, 0.6) is 5.75 Å². The maximum absolute atomic E-state index is 12.6. The third kappa shape index (κ3) is 4.37. The third-order valence-electron chi connectivity index (χ3n) is 4.78. The second-order valence-corrected chi connectivity index (χ2v) is 6.97. The summed E-state index contributed by atoms with van der Waals surface area (Å²) in [6, 6.07) is 11.3. The number of rotatable bonds is 7. The monoisotopic (exact) mass is 339 g/mol. The molecule has 1 heterocycles. The van der Waals surface area contributed by atoms with Crippen molar-refractivity contribution >= 4 is 5.91 Å². The topological polar surface area (TPSA) is 77.2 Å². The number of pyridine rings is 1. The molecule has 132 valence electrons. The SMILES string of the molecule is Cc1ccc(OCc2cccc(C(=O)NC(C)(CN)C3CC3)c2)cn1. The Morgan fingerprint density at radius 3 is 2.80 bits per heavy atom. The van der Waals surface area contributed by atoms with E-state index in [-0.39, 0.29) is 11.4 Å². The predicted octanol–water partition coefficient (Wildman–Crippen LogP) is 2.83. The van der Waals surface area contributed by atoms with Crippen molar-refractivity contribution in [1.29, 1.82) is 0 Å². The largest absolute Gasteiger partial charge is 0.487 e. The highest BCUT2D eigenvalue weighted by Gasteiger charge is 2.41. The zero-order chi connectivity index (χ0) is 17.9. The van der Waals surface area contributed by atoms with Crippen LogP contribution in [0, 0.1) is 12.8 Å². The summed E-state index contributed by atoms with van der Waals surface area (Å²) in [5, 5.41) is 3.11. The van der Waals surface area contributed by atoms with Crippen LogP contribution in [0.25, 0.3) is 0 Å². The second kappa shape index (κ2) is 7.23. The molecule has 0 saturated heterocycles. The van der Waals surface area contributed by atoms with Gasteiger partial charge in [-0.1, -0.05) is 12.1 Å². The van der Waals surface area contributed by atoms with Gasteiger partial charge in [-0.05, 0) is 62.4 Å². The van der Waals surface area contributed by atoms with Gasteiger partial charge in [0.2, 0.25) is 0 Å². The van der Waals surface area contributed by atoms with Crippen LogP contribution >= 0.6 is 0 Å². The first kappa shape index (κ1) is 17.4. The molecule has 2 aromatic rings. The maximum atomic E-state index is 12.6. The number of nitrogens with zero attached hydrogens (tertiary/aromatic N) is 1. The third-order valence-corrected chi connectivity index (χ3v) is 4.78. The molecule has 5 nitrogen and oxygen atoms in total. The number of nitrogens with one attached hydrogen (secondary N) is 1. The van der Waals surface area contributed by atoms with Gasteiger partial charge in [0.05, 0.1) is 11.7 Å². The van der Waals surface area contributed by atoms with E-state index in [1.54, 1.807) is 6.20 Å². The van der Waals surface area contributed by atoms with Crippen molar-refractivity contribution in [3.05, 3.63) is 59.4 Å². The average Bonchev–Trinajstić information content (AvgIpc) is 3.47. The number of hydrogen-bond donors (Lipinski definition) is 2. The van der Waals surface area contributed by atoms with E-state index >= 15 is 0 Å². The van der Waals surface area contributed by atoms with Crippen molar-refractivity contribution in [2.45, 2.75) is 38.8 Å². The Morgan fingerprint density at radius 1 is 1.36 bits per heavy atom. The highest BCUT2D eigenvalue weighted by Crippen LogP contribution is 2.39. The highest BCUT2D eigenvalue weighted by molar-refractivity contribution is 5.94. The summed E-state index contributed by atoms with van der Waals surface area (Å²) in [7, 11) is 0. The first-order valence-corrected chi connectivity index (χ1v) is 8.67. The molecule has 1 atom stereocenters. The lowest BCUT2D eigenvalue weighted by Gasteiger charge is -2.29. The molecule has 3 N–H and O–H groups in total. The fourth-order valence-electron chi connectivity index (χ4n) is 2.88. The lowest BCUT2D eigenvalue weighted by molar-refractivity contribution is 0.0897. The van der Waals surface area contributed by atoms with Gasteiger partial charge in [0.15, 0.2) is 0 Å². The van der Waals surface area contributed by atoms with E-state index in [4.69, 9.17) is 10.5 Å². The van der Waals surface area contributed by atoms with Gasteiger partial charge < -0.3 is 15.8 Å². The molecular weight excluding hydrogens is 314 g/mol. The van der Waals surface area contributed by atoms with Gasteiger partial charge in [-0.25, -0.2) is 0 Å². The lowest BCUT2D eigenvalue weighted by Crippen LogP contribution is -2.53. The fraction of sp³-hybridized carbons (Fsp3) is 0.400. The molecule has 1 aliphatic rings. The molecule has 1 amide bonds. The lowest BCUT2D eigenvalue weighted by atomic mass is 9.95. The van der Waals surface area contributed by atoms with Crippen molar-refractivity contribution in [3.63, 3.8) is 0 Å². The smallest absolute Gasteiger partial charge is 0.251 e. The van der Waals surface area contributed by atoms with Crippen molar-refractivity contribution in [2.75, 3.05) is 6.54 Å². The second-order valence-electron chi connectivity index (χ2n) is 6.97. The summed E-state index contributed by atoms with van der Waals surface area (Å²) in [4.78, 5) is 16.8. The molecule has 1 saturated carbocycles. The average molecular weight is 339 g/mol. The summed E-state index contributed by atoms with van der Waals surface area (Å²) in [6.45, 7) is 4.80. The number of benzene rings is 1. The van der Waals surface area contributed by atoms with Crippen LogP contribution in [0.4, 0.5) is 0 Å². The van der Waals surface area contributed by atoms with Crippen LogP contribution in [0.15, 0.2) is 42.6 Å². The van der Waals surface area contributed by atoms with Crippen molar-refractivity contribution in [3.8, 4) is 5.75 Å². The van der Waals surface area contributed by atoms with Gasteiger partial charge in [0, 0.05) is 17.8 Å². The van der Waals surface area contributed by atoms with Gasteiger partial charge in [-0.2, -0.15) is 0 Å². The number of carbonyl (C=O) groups is 1. The molecule has 1 aromatic carbocycles. The Hall–Kier alpha value is -2.40. The minimum Gasteiger partial charge on any atom is -0.487 e. The number of carbonyl (C=O) groups excluding carboxylic acids is 1. The molecule has 3 rings (SSSR count). The van der Waals surface area contributed by atoms with Crippen molar-refractivity contribution in [2.24, 2.45) is 11.7 Å². The normalized spacial score (nSPS) is 16.1. The Kier molecular flexibility index (Phi) is 5.04. The summed E-state index contributed by atoms with van der Waals surface area (Å²) in [5.74, 6) is 1.12. The Balaban J connectivity index is 1.64. The molecule has 0 aliphatic heterocycles. The number of hydrogen-bond acceptors (Lipinski definition) is 4. The number of aryl methyl sites for hydroxylation is 1. The van der Waals surface area contributed by atoms with Crippen LogP contribution in [0.3, 0.4) is 0 Å². The summed E-state index contributed by atoms with van der Waals surface area (Å²) >= 11 is 0. The minimum absolute atomic E-state index is 0.0845. The number of aromatic nitrogens is 1. The van der Waals surface area contributed by atoms with E-state index in [2.05, 4.69) is 10.3 Å². The summed E-state index contributed by atoms with van der Waals surface area (Å²) in [5.41, 5.74) is 8.08. The standard InChI is InChI=1S/C20H25N3O2/c1-14-6-9-18(11-22-14)25-12-15-4-3-5-16(10-15)19(24)23-20(2,13-21)17-7-8-17/h3-6,9-11,17H,7-8,12-13,21H2,1-2H3,(H,23,24). The molecule has 5 heteroatoms. The molecule has 1 aliphatic carbocycles. The maximum Gasteiger partial charge on any atom is 0.251 e. The zero-order valence-electron chi connectivity index (χ0n) is 14.8. The van der Waals surface area contributed by atoms with E-state index in [9.17, 15) is 4.79 Å². The number of amides is 1. The molecule has 1 unspecified atom stereocenters. The zero-order valence-corrected chi connectivity index (χ0v) is 14.8. The van der Waals surface area contributed by atoms with Gasteiger partial charge in [0.1, 0.15) is 12.4 Å². The van der Waals surface area contributed by atoms with Gasteiger partial charge in [-0.15, -0.1) is 0 Å². The van der Waals surface area contributed by atoms with Crippen molar-refractivity contribution in [1.82, 2.24) is 10.3 Å². The van der Waals surface area contributed by atoms with Crippen LogP contribution in [-0.4, -0.2) is 23.0 Å².